The van der Waals surface area contributed by atoms with Gasteiger partial charge < -0.3 is 14.4 Å². The third kappa shape index (κ3) is 7.77. The molecule has 0 bridgehead atoms. The van der Waals surface area contributed by atoms with Gasteiger partial charge >= 0.3 is 0 Å². The van der Waals surface area contributed by atoms with Crippen molar-refractivity contribution in [2.24, 2.45) is 0 Å². The van der Waals surface area contributed by atoms with Gasteiger partial charge in [0, 0.05) is 60.5 Å². The lowest BCUT2D eigenvalue weighted by molar-refractivity contribution is -0.104. The number of aromatic nitrogens is 1. The summed E-state index contributed by atoms with van der Waals surface area (Å²) in [5, 5.41) is 1.11. The predicted octanol–water partition coefficient (Wildman–Crippen LogP) is 8.12. The van der Waals surface area contributed by atoms with Gasteiger partial charge in [-0.05, 0) is 56.2 Å². The van der Waals surface area contributed by atoms with Gasteiger partial charge in [0.25, 0.3) is 0 Å². The van der Waals surface area contributed by atoms with Gasteiger partial charge in [-0.15, -0.1) is 0 Å². The topological polar surface area (TPSA) is 54.9 Å². The number of carbonyl (C=O) groups is 1. The molecule has 1 aliphatic rings. The summed E-state index contributed by atoms with van der Waals surface area (Å²) in [5.74, 6) is 1.52. The Morgan fingerprint density at radius 3 is 2.33 bits per heavy atom. The van der Waals surface area contributed by atoms with Gasteiger partial charge in [-0.3, -0.25) is 9.69 Å². The number of halogens is 2. The molecule has 1 saturated heterocycles. The highest BCUT2D eigenvalue weighted by Crippen LogP contribution is 2.37. The number of carbonyl (C=O) groups excluding carboxylic acids is 1. The number of nitrogens with zero attached hydrogens (tertiary/aromatic N) is 3. The minimum Gasteiger partial charge on any atom is -0.487 e. The minimum atomic E-state index is 0.339. The van der Waals surface area contributed by atoms with Crippen molar-refractivity contribution in [3.05, 3.63) is 122 Å². The molecule has 0 saturated carbocycles. The highest BCUT2D eigenvalue weighted by Gasteiger charge is 2.23. The molecule has 1 aliphatic heterocycles. The van der Waals surface area contributed by atoms with E-state index in [-0.39, 0.29) is 0 Å². The zero-order valence-electron chi connectivity index (χ0n) is 24.6. The minimum absolute atomic E-state index is 0.339. The van der Waals surface area contributed by atoms with Gasteiger partial charge in [0.05, 0.1) is 16.9 Å². The quantitative estimate of drug-likeness (QED) is 0.133. The summed E-state index contributed by atoms with van der Waals surface area (Å²) in [5.41, 5.74) is 6.78. The molecule has 0 spiro atoms. The summed E-state index contributed by atoms with van der Waals surface area (Å²) in [6, 6.07) is 23.7. The Morgan fingerprint density at radius 2 is 1.67 bits per heavy atom. The standard InChI is InChI=1S/C35H35Cl2N3O3/c1-24-8-10-27(11-9-24)21-39-14-16-40(17-15-39)34(26(3)22-41)29-18-25(2)35(32(37)19-29)43-33-13-12-30(20-38-33)42-23-28-6-4-5-7-31(28)36/h4-13,18-20,22H,14-17,21,23H2,1-3H3/b34-26+. The normalized spacial score (nSPS) is 14.3. The number of piperazine rings is 1. The first-order chi connectivity index (χ1) is 20.8. The van der Waals surface area contributed by atoms with Crippen LogP contribution in [-0.4, -0.2) is 47.2 Å². The molecule has 1 fully saturated rings. The van der Waals surface area contributed by atoms with Crippen LogP contribution in [0.3, 0.4) is 0 Å². The van der Waals surface area contributed by atoms with Gasteiger partial charge in [-0.25, -0.2) is 4.98 Å². The molecular weight excluding hydrogens is 581 g/mol. The number of benzene rings is 3. The van der Waals surface area contributed by atoms with E-state index in [0.29, 0.717) is 39.6 Å². The van der Waals surface area contributed by atoms with Gasteiger partial charge in [-0.2, -0.15) is 0 Å². The predicted molar refractivity (Wildman–Crippen MR) is 173 cm³/mol. The van der Waals surface area contributed by atoms with E-state index >= 15 is 0 Å². The van der Waals surface area contributed by atoms with Crippen LogP contribution in [0.25, 0.3) is 5.70 Å². The van der Waals surface area contributed by atoms with Gasteiger partial charge in [0.15, 0.2) is 5.75 Å². The van der Waals surface area contributed by atoms with Crippen LogP contribution < -0.4 is 9.47 Å². The van der Waals surface area contributed by atoms with Gasteiger partial charge in [-0.1, -0.05) is 71.2 Å². The molecule has 43 heavy (non-hydrogen) atoms. The van der Waals surface area contributed by atoms with Crippen molar-refractivity contribution in [1.29, 1.82) is 0 Å². The first kappa shape index (κ1) is 30.6. The Labute approximate surface area is 263 Å². The monoisotopic (exact) mass is 615 g/mol. The number of allylic oxidation sites excluding steroid dienone is 1. The molecule has 8 heteroatoms. The Balaban J connectivity index is 1.25. The molecule has 0 atom stereocenters. The van der Waals surface area contributed by atoms with Gasteiger partial charge in [0.1, 0.15) is 18.6 Å². The summed E-state index contributed by atoms with van der Waals surface area (Å²) in [4.78, 5) is 21.1. The molecule has 0 amide bonds. The van der Waals surface area contributed by atoms with Crippen molar-refractivity contribution >= 4 is 35.2 Å². The van der Waals surface area contributed by atoms with E-state index in [1.807, 2.05) is 50.2 Å². The molecule has 0 unspecified atom stereocenters. The number of rotatable bonds is 10. The van der Waals surface area contributed by atoms with Crippen LogP contribution in [0.5, 0.6) is 17.4 Å². The van der Waals surface area contributed by atoms with Crippen molar-refractivity contribution < 1.29 is 14.3 Å². The van der Waals surface area contributed by atoms with E-state index in [1.165, 1.54) is 11.1 Å². The number of aldehydes is 1. The van der Waals surface area contributed by atoms with Crippen LogP contribution in [0.15, 0.2) is 84.6 Å². The Kier molecular flexibility index (Phi) is 10.0. The fraction of sp³-hybridized carbons (Fsp3) is 0.257. The number of aryl methyl sites for hydroxylation is 2. The molecule has 5 rings (SSSR count). The summed E-state index contributed by atoms with van der Waals surface area (Å²) >= 11 is 13.0. The largest absolute Gasteiger partial charge is 0.487 e. The third-order valence-corrected chi connectivity index (χ3v) is 8.19. The van der Waals surface area contributed by atoms with Gasteiger partial charge in [0.2, 0.25) is 5.88 Å². The SMILES string of the molecule is C/C(C=O)=C(/c1cc(C)c(Oc2ccc(OCc3ccccc3Cl)cn2)c(Cl)c1)N1CCN(Cc2ccc(C)cc2)CC1. The number of hydrogen-bond acceptors (Lipinski definition) is 6. The second-order valence-electron chi connectivity index (χ2n) is 10.8. The Morgan fingerprint density at radius 1 is 0.930 bits per heavy atom. The van der Waals surface area contributed by atoms with Crippen LogP contribution in [0.1, 0.15) is 34.7 Å². The second-order valence-corrected chi connectivity index (χ2v) is 11.6. The van der Waals surface area contributed by atoms with E-state index < -0.39 is 0 Å². The van der Waals surface area contributed by atoms with E-state index in [4.69, 9.17) is 32.7 Å². The second kappa shape index (κ2) is 14.1. The maximum atomic E-state index is 12.0. The zero-order valence-corrected chi connectivity index (χ0v) is 26.2. The van der Waals surface area contributed by atoms with E-state index in [9.17, 15) is 4.79 Å². The van der Waals surface area contributed by atoms with Crippen LogP contribution in [-0.2, 0) is 17.9 Å². The maximum absolute atomic E-state index is 12.0. The number of hydrogen-bond donors (Lipinski definition) is 0. The lowest BCUT2D eigenvalue weighted by Crippen LogP contribution is -2.45. The molecule has 0 aliphatic carbocycles. The summed E-state index contributed by atoms with van der Waals surface area (Å²) < 4.78 is 11.9. The maximum Gasteiger partial charge on any atom is 0.219 e. The van der Waals surface area contributed by atoms with Crippen molar-refractivity contribution in [3.8, 4) is 17.4 Å². The zero-order chi connectivity index (χ0) is 30.3. The fourth-order valence-electron chi connectivity index (χ4n) is 5.19. The molecule has 3 aromatic carbocycles. The summed E-state index contributed by atoms with van der Waals surface area (Å²) in [7, 11) is 0. The first-order valence-electron chi connectivity index (χ1n) is 14.3. The number of ether oxygens (including phenoxy) is 2. The van der Waals surface area contributed by atoms with Crippen LogP contribution in [0.4, 0.5) is 0 Å². The summed E-state index contributed by atoms with van der Waals surface area (Å²) in [6.45, 7) is 10.6. The molecule has 0 radical (unpaired) electrons. The van der Waals surface area contributed by atoms with Crippen molar-refractivity contribution in [2.45, 2.75) is 33.9 Å². The van der Waals surface area contributed by atoms with Crippen LogP contribution in [0.2, 0.25) is 10.0 Å². The number of pyridine rings is 1. The molecule has 2 heterocycles. The average Bonchev–Trinajstić information content (AvgIpc) is 3.01. The smallest absolute Gasteiger partial charge is 0.219 e. The van der Waals surface area contributed by atoms with E-state index in [0.717, 1.165) is 61.4 Å². The Bertz CT molecular complexity index is 1570. The molecular formula is C35H35Cl2N3O3. The van der Waals surface area contributed by atoms with E-state index in [2.05, 4.69) is 46.0 Å². The van der Waals surface area contributed by atoms with Crippen molar-refractivity contribution in [3.63, 3.8) is 0 Å². The highest BCUT2D eigenvalue weighted by molar-refractivity contribution is 6.32. The average molecular weight is 617 g/mol. The molecule has 0 N–H and O–H groups in total. The van der Waals surface area contributed by atoms with E-state index in [1.54, 1.807) is 18.3 Å². The Hall–Kier alpha value is -3.84. The third-order valence-electron chi connectivity index (χ3n) is 7.54. The van der Waals surface area contributed by atoms with Crippen molar-refractivity contribution in [2.75, 3.05) is 26.2 Å². The molecule has 6 nitrogen and oxygen atoms in total. The molecule has 222 valence electrons. The lowest BCUT2D eigenvalue weighted by atomic mass is 10.0. The fourth-order valence-corrected chi connectivity index (χ4v) is 5.68. The van der Waals surface area contributed by atoms with Crippen LogP contribution >= 0.6 is 23.2 Å². The lowest BCUT2D eigenvalue weighted by Gasteiger charge is -2.38. The molecule has 1 aromatic heterocycles. The first-order valence-corrected chi connectivity index (χ1v) is 15.1. The molecule has 4 aromatic rings. The van der Waals surface area contributed by atoms with Crippen LogP contribution in [0, 0.1) is 13.8 Å². The summed E-state index contributed by atoms with van der Waals surface area (Å²) in [6.07, 6.45) is 2.53. The van der Waals surface area contributed by atoms with Crippen molar-refractivity contribution in [1.82, 2.24) is 14.8 Å². The highest BCUT2D eigenvalue weighted by atomic mass is 35.5.